The lowest BCUT2D eigenvalue weighted by Gasteiger charge is -2.08. The predicted molar refractivity (Wildman–Crippen MR) is 84.7 cm³/mol. The number of ether oxygens (including phenoxy) is 1. The molecule has 0 aromatic heterocycles. The van der Waals surface area contributed by atoms with E-state index in [2.05, 4.69) is 45.5 Å². The molecule has 4 heteroatoms. The van der Waals surface area contributed by atoms with Crippen LogP contribution in [0.25, 0.3) is 0 Å². The Kier molecular flexibility index (Phi) is 4.56. The minimum absolute atomic E-state index is 0.311. The van der Waals surface area contributed by atoms with Crippen LogP contribution in [-0.4, -0.2) is 6.04 Å². The number of hydrogen-bond acceptors (Lipinski definition) is 2. The minimum Gasteiger partial charge on any atom is -0.489 e. The maximum atomic E-state index is 13.4. The lowest BCUT2D eigenvalue weighted by molar-refractivity contribution is 0.304. The summed E-state index contributed by atoms with van der Waals surface area (Å²) in [6.07, 6.45) is 2.60. The number of hydrogen-bond donors (Lipinski definition) is 1. The molecule has 1 N–H and O–H groups in total. The van der Waals surface area contributed by atoms with E-state index in [0.29, 0.717) is 16.8 Å². The second-order valence-corrected chi connectivity index (χ2v) is 6.19. The average molecular weight is 350 g/mol. The van der Waals surface area contributed by atoms with Gasteiger partial charge in [0, 0.05) is 18.7 Å². The zero-order valence-electron chi connectivity index (χ0n) is 11.6. The number of nitrogens with one attached hydrogen (secondary N) is 1. The summed E-state index contributed by atoms with van der Waals surface area (Å²) in [7, 11) is 0. The molecular weight excluding hydrogens is 333 g/mol. The quantitative estimate of drug-likeness (QED) is 0.833. The van der Waals surface area contributed by atoms with Crippen molar-refractivity contribution in [2.24, 2.45) is 0 Å². The van der Waals surface area contributed by atoms with Crippen molar-refractivity contribution in [1.82, 2.24) is 5.32 Å². The van der Waals surface area contributed by atoms with Gasteiger partial charge in [-0.25, -0.2) is 4.39 Å². The Labute approximate surface area is 132 Å². The molecule has 0 saturated heterocycles. The largest absolute Gasteiger partial charge is 0.489 e. The molecule has 1 aliphatic carbocycles. The monoisotopic (exact) mass is 349 g/mol. The Bertz CT molecular complexity index is 611. The first-order chi connectivity index (χ1) is 10.2. The summed E-state index contributed by atoms with van der Waals surface area (Å²) in [6.45, 7) is 1.36. The summed E-state index contributed by atoms with van der Waals surface area (Å²) in [4.78, 5) is 0. The third-order valence-electron chi connectivity index (χ3n) is 3.49. The second-order valence-electron chi connectivity index (χ2n) is 5.34. The molecule has 3 rings (SSSR count). The van der Waals surface area contributed by atoms with E-state index < -0.39 is 0 Å². The second kappa shape index (κ2) is 6.58. The van der Waals surface area contributed by atoms with Gasteiger partial charge in [0.15, 0.2) is 0 Å². The maximum absolute atomic E-state index is 13.4. The van der Waals surface area contributed by atoms with Gasteiger partial charge in [-0.15, -0.1) is 0 Å². The zero-order valence-corrected chi connectivity index (χ0v) is 13.2. The van der Waals surface area contributed by atoms with Crippen LogP contribution in [0.5, 0.6) is 5.75 Å². The van der Waals surface area contributed by atoms with Crippen LogP contribution < -0.4 is 10.1 Å². The summed E-state index contributed by atoms with van der Waals surface area (Å²) < 4.78 is 19.4. The summed E-state index contributed by atoms with van der Waals surface area (Å²) in [5.41, 5.74) is 2.36. The van der Waals surface area contributed by atoms with Gasteiger partial charge in [-0.1, -0.05) is 24.3 Å². The van der Waals surface area contributed by atoms with Crippen LogP contribution in [-0.2, 0) is 13.2 Å². The van der Waals surface area contributed by atoms with E-state index >= 15 is 0 Å². The third-order valence-corrected chi connectivity index (χ3v) is 4.13. The topological polar surface area (TPSA) is 21.3 Å². The normalized spacial score (nSPS) is 14.2. The van der Waals surface area contributed by atoms with E-state index in [1.807, 2.05) is 0 Å². The standard InChI is InChI=1S/C17H17BrFNO/c18-16-8-7-15(9-17(16)19)21-11-13-3-1-12(2-4-13)10-20-14-5-6-14/h1-4,7-9,14,20H,5-6,10-11H2. The van der Waals surface area contributed by atoms with Crippen LogP contribution in [0.4, 0.5) is 4.39 Å². The van der Waals surface area contributed by atoms with Crippen molar-refractivity contribution in [3.05, 3.63) is 63.9 Å². The molecule has 0 radical (unpaired) electrons. The Balaban J connectivity index is 1.53. The summed E-state index contributed by atoms with van der Waals surface area (Å²) >= 11 is 3.13. The molecule has 0 spiro atoms. The zero-order chi connectivity index (χ0) is 14.7. The average Bonchev–Trinajstić information content (AvgIpc) is 3.32. The molecule has 2 aromatic carbocycles. The van der Waals surface area contributed by atoms with Crippen LogP contribution in [0, 0.1) is 5.82 Å². The van der Waals surface area contributed by atoms with Crippen LogP contribution in [0.1, 0.15) is 24.0 Å². The highest BCUT2D eigenvalue weighted by molar-refractivity contribution is 9.10. The summed E-state index contributed by atoms with van der Waals surface area (Å²) in [6, 6.07) is 13.8. The lowest BCUT2D eigenvalue weighted by atomic mass is 10.1. The maximum Gasteiger partial charge on any atom is 0.141 e. The molecule has 2 nitrogen and oxygen atoms in total. The number of rotatable bonds is 6. The van der Waals surface area contributed by atoms with Crippen molar-refractivity contribution in [3.8, 4) is 5.75 Å². The van der Waals surface area contributed by atoms with E-state index in [0.717, 1.165) is 18.2 Å². The molecule has 0 bridgehead atoms. The van der Waals surface area contributed by atoms with Gasteiger partial charge in [0.05, 0.1) is 4.47 Å². The van der Waals surface area contributed by atoms with Gasteiger partial charge in [-0.2, -0.15) is 0 Å². The highest BCUT2D eigenvalue weighted by Crippen LogP contribution is 2.22. The molecule has 1 saturated carbocycles. The van der Waals surface area contributed by atoms with Gasteiger partial charge in [-0.05, 0) is 52.0 Å². The number of benzene rings is 2. The van der Waals surface area contributed by atoms with E-state index in [4.69, 9.17) is 4.74 Å². The van der Waals surface area contributed by atoms with E-state index in [9.17, 15) is 4.39 Å². The molecule has 0 aliphatic heterocycles. The molecule has 0 heterocycles. The molecule has 2 aromatic rings. The Hall–Kier alpha value is -1.39. The van der Waals surface area contributed by atoms with E-state index in [1.165, 1.54) is 24.5 Å². The van der Waals surface area contributed by atoms with Gasteiger partial charge >= 0.3 is 0 Å². The van der Waals surface area contributed by atoms with Crippen molar-refractivity contribution in [3.63, 3.8) is 0 Å². The van der Waals surface area contributed by atoms with Crippen LogP contribution in [0.15, 0.2) is 46.9 Å². The highest BCUT2D eigenvalue weighted by Gasteiger charge is 2.19. The first-order valence-corrected chi connectivity index (χ1v) is 7.89. The molecule has 21 heavy (non-hydrogen) atoms. The smallest absolute Gasteiger partial charge is 0.141 e. The number of halogens is 2. The van der Waals surface area contributed by atoms with Crippen LogP contribution in [0.3, 0.4) is 0 Å². The van der Waals surface area contributed by atoms with E-state index in [-0.39, 0.29) is 5.82 Å². The van der Waals surface area contributed by atoms with Gasteiger partial charge in [-0.3, -0.25) is 0 Å². The molecule has 0 amide bonds. The summed E-state index contributed by atoms with van der Waals surface area (Å²) in [5, 5.41) is 3.48. The molecular formula is C17H17BrFNO. The predicted octanol–water partition coefficient (Wildman–Crippen LogP) is 4.42. The summed E-state index contributed by atoms with van der Waals surface area (Å²) in [5.74, 6) is 0.226. The van der Waals surface area contributed by atoms with Crippen LogP contribution >= 0.6 is 15.9 Å². The van der Waals surface area contributed by atoms with Crippen molar-refractivity contribution in [1.29, 1.82) is 0 Å². The van der Waals surface area contributed by atoms with Gasteiger partial charge in [0.25, 0.3) is 0 Å². The molecule has 110 valence electrons. The van der Waals surface area contributed by atoms with Gasteiger partial charge in [0.2, 0.25) is 0 Å². The molecule has 0 unspecified atom stereocenters. The van der Waals surface area contributed by atoms with Crippen LogP contribution in [0.2, 0.25) is 0 Å². The Morgan fingerprint density at radius 1 is 1.10 bits per heavy atom. The fourth-order valence-electron chi connectivity index (χ4n) is 2.04. The first kappa shape index (κ1) is 14.5. The third kappa shape index (κ3) is 4.29. The van der Waals surface area contributed by atoms with Crippen molar-refractivity contribution in [2.45, 2.75) is 32.0 Å². The highest BCUT2D eigenvalue weighted by atomic mass is 79.9. The molecule has 1 fully saturated rings. The van der Waals surface area contributed by atoms with Gasteiger partial charge in [0.1, 0.15) is 18.2 Å². The Morgan fingerprint density at radius 3 is 2.48 bits per heavy atom. The molecule has 0 atom stereocenters. The fraction of sp³-hybridized carbons (Fsp3) is 0.294. The van der Waals surface area contributed by atoms with Crippen molar-refractivity contribution >= 4 is 15.9 Å². The minimum atomic E-state index is -0.311. The van der Waals surface area contributed by atoms with Crippen molar-refractivity contribution in [2.75, 3.05) is 0 Å². The SMILES string of the molecule is Fc1cc(OCc2ccc(CNC3CC3)cc2)ccc1Br. The van der Waals surface area contributed by atoms with E-state index in [1.54, 1.807) is 12.1 Å². The molecule has 1 aliphatic rings. The Morgan fingerprint density at radius 2 is 1.81 bits per heavy atom. The first-order valence-electron chi connectivity index (χ1n) is 7.10. The van der Waals surface area contributed by atoms with Gasteiger partial charge < -0.3 is 10.1 Å². The lowest BCUT2D eigenvalue weighted by Crippen LogP contribution is -2.15. The van der Waals surface area contributed by atoms with Crippen molar-refractivity contribution < 1.29 is 9.13 Å². The fourth-order valence-corrected chi connectivity index (χ4v) is 2.28.